The molecule has 24 heavy (non-hydrogen) atoms. The number of rotatable bonds is 9. The van der Waals surface area contributed by atoms with Crippen LogP contribution in [0.5, 0.6) is 5.75 Å². The van der Waals surface area contributed by atoms with Gasteiger partial charge in [-0.25, -0.2) is 0 Å². The Hall–Kier alpha value is -1.79. The minimum Gasteiger partial charge on any atom is -0.496 e. The van der Waals surface area contributed by atoms with Gasteiger partial charge in [0, 0.05) is 25.3 Å². The average molecular weight is 336 g/mol. The molecule has 1 rings (SSSR count). The maximum absolute atomic E-state index is 5.50. The lowest BCUT2D eigenvalue weighted by Gasteiger charge is -2.25. The van der Waals surface area contributed by atoms with Crippen LogP contribution in [0.25, 0.3) is 0 Å². The molecule has 6 heteroatoms. The van der Waals surface area contributed by atoms with Crippen molar-refractivity contribution >= 4 is 5.96 Å². The largest absolute Gasteiger partial charge is 0.496 e. The summed E-state index contributed by atoms with van der Waals surface area (Å²) >= 11 is 0. The summed E-state index contributed by atoms with van der Waals surface area (Å²) in [5.74, 6) is 1.68. The summed E-state index contributed by atoms with van der Waals surface area (Å²) in [6.45, 7) is 6.20. The van der Waals surface area contributed by atoms with Gasteiger partial charge in [0.15, 0.2) is 5.96 Å². The molecule has 0 bridgehead atoms. The lowest BCUT2D eigenvalue weighted by Crippen LogP contribution is -2.44. The van der Waals surface area contributed by atoms with Gasteiger partial charge in [-0.2, -0.15) is 0 Å². The van der Waals surface area contributed by atoms with Crippen LogP contribution >= 0.6 is 0 Å². The summed E-state index contributed by atoms with van der Waals surface area (Å²) in [5, 5.41) is 6.64. The zero-order valence-electron chi connectivity index (χ0n) is 15.8. The van der Waals surface area contributed by atoms with Crippen LogP contribution in [0.4, 0.5) is 0 Å². The Kier molecular flexibility index (Phi) is 9.19. The van der Waals surface area contributed by atoms with Crippen LogP contribution in [0.2, 0.25) is 0 Å². The van der Waals surface area contributed by atoms with Crippen molar-refractivity contribution in [2.75, 3.05) is 48.0 Å². The highest BCUT2D eigenvalue weighted by molar-refractivity contribution is 5.80. The Morgan fingerprint density at radius 2 is 1.96 bits per heavy atom. The summed E-state index contributed by atoms with van der Waals surface area (Å²) in [5.41, 5.74) is 1.13. The number of aliphatic imine (C=N–C) groups is 1. The average Bonchev–Trinajstić information content (AvgIpc) is 2.55. The van der Waals surface area contributed by atoms with E-state index in [0.717, 1.165) is 23.8 Å². The molecule has 136 valence electrons. The minimum atomic E-state index is 0.134. The van der Waals surface area contributed by atoms with Crippen molar-refractivity contribution in [3.8, 4) is 5.75 Å². The molecule has 0 aliphatic carbocycles. The zero-order valence-corrected chi connectivity index (χ0v) is 15.8. The maximum Gasteiger partial charge on any atom is 0.191 e. The number of nitrogens with one attached hydrogen (secondary N) is 2. The van der Waals surface area contributed by atoms with Crippen molar-refractivity contribution in [1.82, 2.24) is 15.5 Å². The van der Waals surface area contributed by atoms with Crippen LogP contribution in [-0.2, 0) is 4.74 Å². The summed E-state index contributed by atoms with van der Waals surface area (Å²) < 4.78 is 10.7. The van der Waals surface area contributed by atoms with E-state index in [-0.39, 0.29) is 12.1 Å². The Bertz CT molecular complexity index is 506. The van der Waals surface area contributed by atoms with Gasteiger partial charge >= 0.3 is 0 Å². The number of hydrogen-bond acceptors (Lipinski definition) is 4. The van der Waals surface area contributed by atoms with E-state index in [1.807, 2.05) is 18.2 Å². The lowest BCUT2D eigenvalue weighted by atomic mass is 10.0. The molecule has 0 amide bonds. The molecule has 1 aromatic carbocycles. The zero-order chi connectivity index (χ0) is 17.9. The molecular weight excluding hydrogens is 304 g/mol. The normalized spacial score (nSPS) is 14.4. The smallest absolute Gasteiger partial charge is 0.191 e. The first-order chi connectivity index (χ1) is 11.5. The van der Waals surface area contributed by atoms with Gasteiger partial charge < -0.3 is 25.0 Å². The molecule has 2 atom stereocenters. The van der Waals surface area contributed by atoms with Crippen molar-refractivity contribution in [2.45, 2.75) is 25.9 Å². The van der Waals surface area contributed by atoms with Crippen LogP contribution in [0, 0.1) is 0 Å². The molecule has 2 unspecified atom stereocenters. The lowest BCUT2D eigenvalue weighted by molar-refractivity contribution is 0.179. The Labute approximate surface area is 146 Å². The van der Waals surface area contributed by atoms with Crippen molar-refractivity contribution < 1.29 is 9.47 Å². The summed E-state index contributed by atoms with van der Waals surface area (Å²) in [7, 11) is 7.51. The van der Waals surface area contributed by atoms with E-state index < -0.39 is 0 Å². The van der Waals surface area contributed by atoms with Crippen LogP contribution in [0.3, 0.4) is 0 Å². The molecule has 6 nitrogen and oxygen atoms in total. The Morgan fingerprint density at radius 3 is 2.54 bits per heavy atom. The van der Waals surface area contributed by atoms with Gasteiger partial charge in [-0.1, -0.05) is 18.2 Å². The van der Waals surface area contributed by atoms with Crippen LogP contribution < -0.4 is 15.4 Å². The van der Waals surface area contributed by atoms with Gasteiger partial charge in [0.05, 0.1) is 26.3 Å². The Balaban J connectivity index is 2.92. The second-order valence-corrected chi connectivity index (χ2v) is 5.94. The van der Waals surface area contributed by atoms with Gasteiger partial charge in [-0.15, -0.1) is 0 Å². The Morgan fingerprint density at radius 1 is 1.25 bits per heavy atom. The van der Waals surface area contributed by atoms with Crippen LogP contribution in [-0.4, -0.2) is 64.9 Å². The van der Waals surface area contributed by atoms with E-state index in [1.54, 1.807) is 14.2 Å². The van der Waals surface area contributed by atoms with E-state index in [1.165, 1.54) is 0 Å². The number of methoxy groups -OCH3 is 2. The topological polar surface area (TPSA) is 58.1 Å². The van der Waals surface area contributed by atoms with Crippen molar-refractivity contribution in [2.24, 2.45) is 4.99 Å². The fourth-order valence-corrected chi connectivity index (χ4v) is 2.50. The molecule has 0 fully saturated rings. The van der Waals surface area contributed by atoms with Crippen molar-refractivity contribution in [1.29, 1.82) is 0 Å². The molecule has 0 spiro atoms. The van der Waals surface area contributed by atoms with Gasteiger partial charge in [0.25, 0.3) is 0 Å². The van der Waals surface area contributed by atoms with Crippen LogP contribution in [0.15, 0.2) is 29.3 Å². The van der Waals surface area contributed by atoms with Crippen molar-refractivity contribution in [3.63, 3.8) is 0 Å². The quantitative estimate of drug-likeness (QED) is 0.533. The molecule has 0 aliphatic heterocycles. The molecule has 0 heterocycles. The maximum atomic E-state index is 5.50. The number of hydrogen-bond donors (Lipinski definition) is 2. The van der Waals surface area contributed by atoms with Gasteiger partial charge in [0.1, 0.15) is 5.75 Å². The van der Waals surface area contributed by atoms with E-state index >= 15 is 0 Å². The SMILES string of the molecule is CCNC(=NCC(c1ccccc1OC)N(C)C)NC(C)COC. The molecule has 0 saturated heterocycles. The number of para-hydroxylation sites is 1. The summed E-state index contributed by atoms with van der Waals surface area (Å²) in [6, 6.07) is 8.41. The molecule has 0 aromatic heterocycles. The molecule has 0 saturated carbocycles. The highest BCUT2D eigenvalue weighted by atomic mass is 16.5. The predicted octanol–water partition coefficient (Wildman–Crippen LogP) is 1.89. The fraction of sp³-hybridized carbons (Fsp3) is 0.611. The summed E-state index contributed by atoms with van der Waals surface area (Å²) in [4.78, 5) is 6.91. The second kappa shape index (κ2) is 10.9. The minimum absolute atomic E-state index is 0.134. The number of guanidine groups is 1. The van der Waals surface area contributed by atoms with E-state index in [0.29, 0.717) is 13.2 Å². The van der Waals surface area contributed by atoms with Gasteiger partial charge in [0.2, 0.25) is 0 Å². The first-order valence-corrected chi connectivity index (χ1v) is 8.36. The first-order valence-electron chi connectivity index (χ1n) is 8.36. The number of ether oxygens (including phenoxy) is 2. The van der Waals surface area contributed by atoms with E-state index in [2.05, 4.69) is 49.5 Å². The standard InChI is InChI=1S/C18H32N4O2/c1-7-19-18(21-14(2)13-23-5)20-12-16(22(3)4)15-10-8-9-11-17(15)24-6/h8-11,14,16H,7,12-13H2,1-6H3,(H2,19,20,21). The van der Waals surface area contributed by atoms with Gasteiger partial charge in [-0.3, -0.25) is 4.99 Å². The summed E-state index contributed by atoms with van der Waals surface area (Å²) in [6.07, 6.45) is 0. The molecule has 0 aliphatic rings. The number of nitrogens with zero attached hydrogens (tertiary/aromatic N) is 2. The monoisotopic (exact) mass is 336 g/mol. The third-order valence-corrected chi connectivity index (χ3v) is 3.69. The highest BCUT2D eigenvalue weighted by Crippen LogP contribution is 2.28. The third kappa shape index (κ3) is 6.37. The first kappa shape index (κ1) is 20.3. The third-order valence-electron chi connectivity index (χ3n) is 3.69. The second-order valence-electron chi connectivity index (χ2n) is 5.94. The molecular formula is C18H32N4O2. The highest BCUT2D eigenvalue weighted by Gasteiger charge is 2.18. The number of likely N-dealkylation sites (N-methyl/N-ethyl adjacent to an activating group) is 1. The van der Waals surface area contributed by atoms with E-state index in [4.69, 9.17) is 14.5 Å². The molecule has 2 N–H and O–H groups in total. The van der Waals surface area contributed by atoms with E-state index in [9.17, 15) is 0 Å². The fourth-order valence-electron chi connectivity index (χ4n) is 2.50. The predicted molar refractivity (Wildman–Crippen MR) is 99.9 cm³/mol. The van der Waals surface area contributed by atoms with Crippen molar-refractivity contribution in [3.05, 3.63) is 29.8 Å². The molecule has 0 radical (unpaired) electrons. The molecule has 1 aromatic rings. The number of benzene rings is 1. The van der Waals surface area contributed by atoms with Crippen LogP contribution in [0.1, 0.15) is 25.5 Å². The van der Waals surface area contributed by atoms with Gasteiger partial charge in [-0.05, 0) is 34.0 Å².